The van der Waals surface area contributed by atoms with E-state index in [1.165, 1.54) is 7.11 Å². The average Bonchev–Trinajstić information content (AvgIpc) is 2.73. The molecule has 3 rings (SSSR count). The number of methoxy groups -OCH3 is 1. The Morgan fingerprint density at radius 2 is 1.77 bits per heavy atom. The molecular weight excluding hydrogens is 431 g/mol. The fourth-order valence-electron chi connectivity index (χ4n) is 3.72. The predicted octanol–water partition coefficient (Wildman–Crippen LogP) is 3.47. The molecule has 2 aromatic carbocycles. The van der Waals surface area contributed by atoms with Gasteiger partial charge in [0, 0.05) is 36.7 Å². The molecule has 0 spiro atoms. The summed E-state index contributed by atoms with van der Waals surface area (Å²) in [5.74, 6) is 0.571. The lowest BCUT2D eigenvalue weighted by Gasteiger charge is -2.32. The first-order valence-corrected chi connectivity index (χ1v) is 10.5. The number of anilines is 1. The van der Waals surface area contributed by atoms with Crippen LogP contribution in [-0.4, -0.2) is 44.8 Å². The van der Waals surface area contributed by atoms with Crippen LogP contribution in [0.25, 0.3) is 0 Å². The molecule has 30 heavy (non-hydrogen) atoms. The lowest BCUT2D eigenvalue weighted by Crippen LogP contribution is -2.41. The second-order valence-corrected chi connectivity index (χ2v) is 8.39. The fraction of sp³-hybridized carbons (Fsp3) is 0.476. The molecule has 1 heterocycles. The van der Waals surface area contributed by atoms with Crippen molar-refractivity contribution in [1.29, 1.82) is 0 Å². The van der Waals surface area contributed by atoms with Gasteiger partial charge in [-0.3, -0.25) is 9.59 Å². The molecule has 7 nitrogen and oxygen atoms in total. The maximum Gasteiger partial charge on any atom is 0.410 e. The van der Waals surface area contributed by atoms with Gasteiger partial charge in [-0.2, -0.15) is 0 Å². The largest absolute Gasteiger partial charge is 0.491 e. The average molecular weight is 455 g/mol. The summed E-state index contributed by atoms with van der Waals surface area (Å²) in [4.78, 5) is 39.0. The Balaban J connectivity index is 1.42. The normalized spacial score (nSPS) is 14.7. The minimum atomic E-state index is -0.564. The number of nitrogens with zero attached hydrogens (tertiary/aromatic N) is 2. The van der Waals surface area contributed by atoms with Crippen LogP contribution in [-0.2, 0) is 11.3 Å². The molecule has 0 radical (unpaired) electrons. The number of likely N-dealkylation sites (tertiary alicyclic amines) is 1. The highest BCUT2D eigenvalue weighted by atomic mass is 35.5. The molecular formula is C21H24Cl2N2O5. The standard InChI is InChI=1S/C21H24Cl2N2O5/c1-24(17-18(26)19(27)20(17)29-2)6-3-13-4-7-25(8-5-13)21(28)30-12-14-9-15(22)11-16(23)10-14/h9-11,13H,3-8,12H2,1-2H3. The van der Waals surface area contributed by atoms with Gasteiger partial charge in [0.15, 0.2) is 5.75 Å². The molecule has 1 saturated heterocycles. The SMILES string of the molecule is COc1c(N(C)CCC2CCN(C(=O)OCc3cc(Cl)cc(Cl)c3)CC2)c(=O)c1=O. The Labute approximate surface area is 184 Å². The lowest BCUT2D eigenvalue weighted by atomic mass is 9.93. The fourth-order valence-corrected chi connectivity index (χ4v) is 4.29. The topological polar surface area (TPSA) is 76.2 Å². The maximum absolute atomic E-state index is 12.3. The van der Waals surface area contributed by atoms with Gasteiger partial charge in [-0.1, -0.05) is 23.2 Å². The number of carbonyl (C=O) groups is 1. The Bertz CT molecular complexity index is 958. The lowest BCUT2D eigenvalue weighted by molar-refractivity contribution is 0.0817. The molecule has 0 N–H and O–H groups in total. The zero-order chi connectivity index (χ0) is 21.8. The number of piperidine rings is 1. The van der Waals surface area contributed by atoms with E-state index in [4.69, 9.17) is 32.7 Å². The molecule has 0 aliphatic carbocycles. The van der Waals surface area contributed by atoms with Crippen LogP contribution in [0.3, 0.4) is 0 Å². The number of halogens is 2. The highest BCUT2D eigenvalue weighted by Gasteiger charge is 2.27. The Hall–Kier alpha value is -2.25. The van der Waals surface area contributed by atoms with Crippen molar-refractivity contribution in [1.82, 2.24) is 4.90 Å². The van der Waals surface area contributed by atoms with Crippen LogP contribution in [0.5, 0.6) is 5.75 Å². The van der Waals surface area contributed by atoms with E-state index >= 15 is 0 Å². The van der Waals surface area contributed by atoms with Gasteiger partial charge in [-0.25, -0.2) is 4.79 Å². The van der Waals surface area contributed by atoms with Crippen LogP contribution < -0.4 is 20.5 Å². The monoisotopic (exact) mass is 454 g/mol. The van der Waals surface area contributed by atoms with E-state index in [1.54, 1.807) is 35.0 Å². The molecule has 1 fully saturated rings. The van der Waals surface area contributed by atoms with Crippen molar-refractivity contribution < 1.29 is 14.3 Å². The molecule has 1 aliphatic heterocycles. The second kappa shape index (κ2) is 9.71. The number of ether oxygens (including phenoxy) is 2. The predicted molar refractivity (Wildman–Crippen MR) is 117 cm³/mol. The first kappa shape index (κ1) is 22.4. The van der Waals surface area contributed by atoms with Crippen molar-refractivity contribution in [3.63, 3.8) is 0 Å². The number of rotatable bonds is 7. The number of carbonyl (C=O) groups excluding carboxylic acids is 1. The van der Waals surface area contributed by atoms with E-state index in [1.807, 2.05) is 0 Å². The van der Waals surface area contributed by atoms with Gasteiger partial charge in [-0.15, -0.1) is 0 Å². The van der Waals surface area contributed by atoms with E-state index < -0.39 is 10.9 Å². The summed E-state index contributed by atoms with van der Waals surface area (Å²) in [5, 5.41) is 1.00. The van der Waals surface area contributed by atoms with Gasteiger partial charge in [0.05, 0.1) is 7.11 Å². The minimum Gasteiger partial charge on any atom is -0.491 e. The molecule has 0 bridgehead atoms. The van der Waals surface area contributed by atoms with Crippen molar-refractivity contribution in [2.24, 2.45) is 5.92 Å². The van der Waals surface area contributed by atoms with Crippen molar-refractivity contribution in [2.75, 3.05) is 38.7 Å². The van der Waals surface area contributed by atoms with Crippen LogP contribution in [0, 0.1) is 5.92 Å². The summed E-state index contributed by atoms with van der Waals surface area (Å²) in [6, 6.07) is 5.06. The minimum absolute atomic E-state index is 0.119. The summed E-state index contributed by atoms with van der Waals surface area (Å²) >= 11 is 11.9. The Morgan fingerprint density at radius 1 is 1.13 bits per heavy atom. The van der Waals surface area contributed by atoms with Gasteiger partial charge >= 0.3 is 6.09 Å². The van der Waals surface area contributed by atoms with E-state index in [0.717, 1.165) is 24.8 Å². The van der Waals surface area contributed by atoms with E-state index in [-0.39, 0.29) is 18.4 Å². The smallest absolute Gasteiger partial charge is 0.410 e. The van der Waals surface area contributed by atoms with Crippen LogP contribution in [0.2, 0.25) is 10.0 Å². The summed E-state index contributed by atoms with van der Waals surface area (Å²) < 4.78 is 10.4. The van der Waals surface area contributed by atoms with E-state index in [0.29, 0.717) is 41.3 Å². The van der Waals surface area contributed by atoms with Crippen LogP contribution in [0.4, 0.5) is 10.5 Å². The van der Waals surface area contributed by atoms with Crippen molar-refractivity contribution >= 4 is 35.0 Å². The highest BCUT2D eigenvalue weighted by molar-refractivity contribution is 6.34. The highest BCUT2D eigenvalue weighted by Crippen LogP contribution is 2.25. The molecule has 9 heteroatoms. The summed E-state index contributed by atoms with van der Waals surface area (Å²) in [6.07, 6.45) is 2.22. The van der Waals surface area contributed by atoms with E-state index in [2.05, 4.69) is 0 Å². The number of benzene rings is 1. The van der Waals surface area contributed by atoms with Gasteiger partial charge in [0.2, 0.25) is 0 Å². The third-order valence-electron chi connectivity index (χ3n) is 5.46. The molecule has 0 aromatic heterocycles. The number of hydrogen-bond donors (Lipinski definition) is 0. The molecule has 1 amide bonds. The molecule has 0 unspecified atom stereocenters. The zero-order valence-corrected chi connectivity index (χ0v) is 18.5. The van der Waals surface area contributed by atoms with Crippen molar-refractivity contribution in [2.45, 2.75) is 25.9 Å². The van der Waals surface area contributed by atoms with Crippen molar-refractivity contribution in [3.8, 4) is 5.75 Å². The first-order chi connectivity index (χ1) is 14.3. The quantitative estimate of drug-likeness (QED) is 0.596. The van der Waals surface area contributed by atoms with Gasteiger partial charge < -0.3 is 19.3 Å². The molecule has 2 aromatic rings. The summed E-state index contributed by atoms with van der Waals surface area (Å²) in [5.41, 5.74) is 0.0382. The first-order valence-electron chi connectivity index (χ1n) is 9.75. The van der Waals surface area contributed by atoms with Crippen LogP contribution in [0.15, 0.2) is 27.8 Å². The third-order valence-corrected chi connectivity index (χ3v) is 5.90. The van der Waals surface area contributed by atoms with Crippen LogP contribution in [0.1, 0.15) is 24.8 Å². The Kier molecular flexibility index (Phi) is 7.26. The van der Waals surface area contributed by atoms with Gasteiger partial charge in [-0.05, 0) is 48.9 Å². The summed E-state index contributed by atoms with van der Waals surface area (Å²) in [7, 11) is 3.18. The van der Waals surface area contributed by atoms with Gasteiger partial charge in [0.25, 0.3) is 10.9 Å². The molecule has 1 aliphatic rings. The number of amides is 1. The van der Waals surface area contributed by atoms with Gasteiger partial charge in [0.1, 0.15) is 12.3 Å². The second-order valence-electron chi connectivity index (χ2n) is 7.51. The third kappa shape index (κ3) is 5.08. The number of hydrogen-bond acceptors (Lipinski definition) is 6. The molecule has 162 valence electrons. The van der Waals surface area contributed by atoms with E-state index in [9.17, 15) is 14.4 Å². The summed E-state index contributed by atoms with van der Waals surface area (Å²) in [6.45, 7) is 2.00. The Morgan fingerprint density at radius 3 is 2.37 bits per heavy atom. The molecule has 0 atom stereocenters. The molecule has 0 saturated carbocycles. The van der Waals surface area contributed by atoms with Crippen LogP contribution >= 0.6 is 23.2 Å². The van der Waals surface area contributed by atoms with Crippen molar-refractivity contribution in [3.05, 3.63) is 54.3 Å². The maximum atomic E-state index is 12.3. The zero-order valence-electron chi connectivity index (χ0n) is 17.0.